The first kappa shape index (κ1) is 25.7. The van der Waals surface area contributed by atoms with Crippen LogP contribution in [0.15, 0.2) is 35.9 Å². The largest absolute Gasteiger partial charge is 0.382 e. The van der Waals surface area contributed by atoms with Crippen LogP contribution in [-0.4, -0.2) is 62.9 Å². The molecule has 1 aromatic carbocycles. The summed E-state index contributed by atoms with van der Waals surface area (Å²) >= 11 is 0. The molecule has 1 rings (SSSR count). The van der Waals surface area contributed by atoms with Gasteiger partial charge in [-0.25, -0.2) is 4.79 Å². The molecule has 0 unspecified atom stereocenters. The van der Waals surface area contributed by atoms with Crippen molar-refractivity contribution in [2.75, 3.05) is 50.7 Å². The zero-order valence-electron chi connectivity index (χ0n) is 19.4. The van der Waals surface area contributed by atoms with E-state index in [4.69, 9.17) is 9.47 Å². The van der Waals surface area contributed by atoms with Crippen LogP contribution in [0.4, 0.5) is 16.2 Å². The first-order chi connectivity index (χ1) is 14.1. The van der Waals surface area contributed by atoms with Crippen LogP contribution in [0, 0.1) is 0 Å². The smallest absolute Gasteiger partial charge is 0.322 e. The molecular weight excluding hydrogens is 382 g/mol. The number of anilines is 2. The van der Waals surface area contributed by atoms with Gasteiger partial charge in [-0.15, -0.1) is 0 Å². The third kappa shape index (κ3) is 8.55. The fraction of sp³-hybridized carbons (Fsp3) is 0.565. The normalized spacial score (nSPS) is 11.0. The maximum atomic E-state index is 12.7. The van der Waals surface area contributed by atoms with Crippen LogP contribution in [0.5, 0.6) is 0 Å². The molecule has 0 aliphatic heterocycles. The fourth-order valence-corrected chi connectivity index (χ4v) is 3.06. The molecule has 0 aromatic heterocycles. The predicted octanol–water partition coefficient (Wildman–Crippen LogP) is 4.30. The van der Waals surface area contributed by atoms with E-state index in [1.807, 2.05) is 52.0 Å². The Labute approximate surface area is 181 Å². The highest BCUT2D eigenvalue weighted by Crippen LogP contribution is 2.22. The second kappa shape index (κ2) is 12.3. The molecule has 0 aliphatic carbocycles. The quantitative estimate of drug-likeness (QED) is 0.429. The van der Waals surface area contributed by atoms with E-state index in [0.29, 0.717) is 38.5 Å². The standard InChI is InChI=1S/C23H37N3O4/c1-18(2)17-23(4,5)25(6)22(28)24-20-10-8-11-21(16-20)26(19(3)27)12-9-13-30-15-14-29-7/h8,10-11,16-17H,9,12-15H2,1-7H3,(H,24,28). The van der Waals surface area contributed by atoms with Crippen molar-refractivity contribution in [1.29, 1.82) is 0 Å². The number of methoxy groups -OCH3 is 1. The molecule has 0 fully saturated rings. The van der Waals surface area contributed by atoms with Crippen LogP contribution < -0.4 is 10.2 Å². The lowest BCUT2D eigenvalue weighted by Gasteiger charge is -2.33. The van der Waals surface area contributed by atoms with Gasteiger partial charge in [0.05, 0.1) is 18.8 Å². The molecule has 0 saturated heterocycles. The Morgan fingerprint density at radius 3 is 2.43 bits per heavy atom. The van der Waals surface area contributed by atoms with Gasteiger partial charge in [0.25, 0.3) is 0 Å². The molecule has 1 N–H and O–H groups in total. The summed E-state index contributed by atoms with van der Waals surface area (Å²) in [6, 6.07) is 7.11. The number of rotatable bonds is 11. The van der Waals surface area contributed by atoms with Crippen molar-refractivity contribution in [3.63, 3.8) is 0 Å². The Hall–Kier alpha value is -2.38. The summed E-state index contributed by atoms with van der Waals surface area (Å²) in [7, 11) is 3.40. The Morgan fingerprint density at radius 1 is 1.13 bits per heavy atom. The number of ether oxygens (including phenoxy) is 2. The van der Waals surface area contributed by atoms with E-state index in [-0.39, 0.29) is 11.9 Å². The number of nitrogens with one attached hydrogen (secondary N) is 1. The van der Waals surface area contributed by atoms with Crippen LogP contribution in [0.2, 0.25) is 0 Å². The molecular formula is C23H37N3O4. The highest BCUT2D eigenvalue weighted by molar-refractivity contribution is 5.94. The van der Waals surface area contributed by atoms with E-state index in [2.05, 4.69) is 11.4 Å². The van der Waals surface area contributed by atoms with Crippen molar-refractivity contribution in [1.82, 2.24) is 4.90 Å². The summed E-state index contributed by atoms with van der Waals surface area (Å²) in [5, 5.41) is 2.93. The number of amides is 3. The van der Waals surface area contributed by atoms with Crippen molar-refractivity contribution in [3.05, 3.63) is 35.9 Å². The van der Waals surface area contributed by atoms with Gasteiger partial charge in [-0.1, -0.05) is 17.7 Å². The van der Waals surface area contributed by atoms with Gasteiger partial charge in [0.15, 0.2) is 0 Å². The Morgan fingerprint density at radius 2 is 1.83 bits per heavy atom. The topological polar surface area (TPSA) is 71.1 Å². The fourth-order valence-electron chi connectivity index (χ4n) is 3.06. The van der Waals surface area contributed by atoms with Gasteiger partial charge in [0.2, 0.25) is 5.91 Å². The van der Waals surface area contributed by atoms with E-state index in [9.17, 15) is 9.59 Å². The molecule has 0 aliphatic rings. The van der Waals surface area contributed by atoms with Gasteiger partial charge in [-0.05, 0) is 52.3 Å². The Kier molecular flexibility index (Phi) is 10.6. The zero-order chi connectivity index (χ0) is 22.7. The van der Waals surface area contributed by atoms with E-state index < -0.39 is 5.54 Å². The lowest BCUT2D eigenvalue weighted by Crippen LogP contribution is -2.45. The number of allylic oxidation sites excluding steroid dienone is 1. The number of hydrogen-bond acceptors (Lipinski definition) is 4. The van der Waals surface area contributed by atoms with Crippen LogP contribution in [0.25, 0.3) is 0 Å². The molecule has 0 spiro atoms. The summed E-state index contributed by atoms with van der Waals surface area (Å²) < 4.78 is 10.4. The third-order valence-electron chi connectivity index (χ3n) is 4.70. The van der Waals surface area contributed by atoms with Crippen molar-refractivity contribution in [3.8, 4) is 0 Å². The first-order valence-electron chi connectivity index (χ1n) is 10.2. The van der Waals surface area contributed by atoms with Gasteiger partial charge in [-0.2, -0.15) is 0 Å². The Bertz CT molecular complexity index is 727. The number of urea groups is 1. The molecule has 30 heavy (non-hydrogen) atoms. The highest BCUT2D eigenvalue weighted by atomic mass is 16.5. The molecule has 0 heterocycles. The van der Waals surface area contributed by atoms with Crippen LogP contribution in [-0.2, 0) is 14.3 Å². The molecule has 3 amide bonds. The van der Waals surface area contributed by atoms with E-state index in [0.717, 1.165) is 11.3 Å². The molecule has 0 bridgehead atoms. The minimum Gasteiger partial charge on any atom is -0.382 e. The van der Waals surface area contributed by atoms with Gasteiger partial charge in [-0.3, -0.25) is 4.79 Å². The maximum Gasteiger partial charge on any atom is 0.322 e. The first-order valence-corrected chi connectivity index (χ1v) is 10.2. The Balaban J connectivity index is 2.80. The van der Waals surface area contributed by atoms with Gasteiger partial charge in [0.1, 0.15) is 0 Å². The van der Waals surface area contributed by atoms with Gasteiger partial charge >= 0.3 is 6.03 Å². The number of nitrogens with zero attached hydrogens (tertiary/aromatic N) is 2. The van der Waals surface area contributed by atoms with Crippen molar-refractivity contribution >= 4 is 23.3 Å². The lowest BCUT2D eigenvalue weighted by atomic mass is 10.0. The summed E-state index contributed by atoms with van der Waals surface area (Å²) in [4.78, 5) is 28.2. The molecule has 168 valence electrons. The average Bonchev–Trinajstić information content (AvgIpc) is 2.65. The maximum absolute atomic E-state index is 12.7. The van der Waals surface area contributed by atoms with E-state index in [1.165, 1.54) is 6.92 Å². The van der Waals surface area contributed by atoms with E-state index in [1.54, 1.807) is 24.0 Å². The number of likely N-dealkylation sites (N-methyl/N-ethyl adjacent to an activating group) is 1. The predicted molar refractivity (Wildman–Crippen MR) is 122 cm³/mol. The molecule has 0 saturated carbocycles. The highest BCUT2D eigenvalue weighted by Gasteiger charge is 2.25. The monoisotopic (exact) mass is 419 g/mol. The van der Waals surface area contributed by atoms with Crippen molar-refractivity contribution in [2.45, 2.75) is 46.6 Å². The summed E-state index contributed by atoms with van der Waals surface area (Å²) in [5.74, 6) is -0.0582. The minimum atomic E-state index is -0.422. The number of benzene rings is 1. The second-order valence-electron chi connectivity index (χ2n) is 8.04. The molecule has 0 atom stereocenters. The molecule has 1 aromatic rings. The summed E-state index contributed by atoms with van der Waals surface area (Å²) in [6.07, 6.45) is 2.76. The third-order valence-corrected chi connectivity index (χ3v) is 4.70. The SMILES string of the molecule is COCCOCCCN(C(C)=O)c1cccc(NC(=O)N(C)C(C)(C)C=C(C)C)c1. The zero-order valence-corrected chi connectivity index (χ0v) is 19.4. The molecule has 0 radical (unpaired) electrons. The lowest BCUT2D eigenvalue weighted by molar-refractivity contribution is -0.116. The second-order valence-corrected chi connectivity index (χ2v) is 8.04. The van der Waals surface area contributed by atoms with Crippen LogP contribution in [0.1, 0.15) is 41.0 Å². The van der Waals surface area contributed by atoms with Gasteiger partial charge < -0.3 is 24.6 Å². The minimum absolute atomic E-state index is 0.0582. The van der Waals surface area contributed by atoms with E-state index >= 15 is 0 Å². The van der Waals surface area contributed by atoms with Gasteiger partial charge in [0, 0.05) is 45.6 Å². The van der Waals surface area contributed by atoms with Crippen LogP contribution in [0.3, 0.4) is 0 Å². The molecule has 7 heteroatoms. The number of carbonyl (C=O) groups is 2. The average molecular weight is 420 g/mol. The summed E-state index contributed by atoms with van der Waals surface area (Å²) in [6.45, 7) is 11.7. The molecule has 7 nitrogen and oxygen atoms in total. The number of hydrogen-bond donors (Lipinski definition) is 1. The summed E-state index contributed by atoms with van der Waals surface area (Å²) in [5.41, 5.74) is 2.10. The van der Waals surface area contributed by atoms with Crippen LogP contribution >= 0.6 is 0 Å². The number of carbonyl (C=O) groups excluding carboxylic acids is 2. The van der Waals surface area contributed by atoms with Crippen molar-refractivity contribution < 1.29 is 19.1 Å². The van der Waals surface area contributed by atoms with Crippen molar-refractivity contribution in [2.24, 2.45) is 0 Å².